The monoisotopic (exact) mass is 363 g/mol. The maximum absolute atomic E-state index is 11.9. The molecule has 1 atom stereocenters. The van der Waals surface area contributed by atoms with Gasteiger partial charge in [0.2, 0.25) is 0 Å². The van der Waals surface area contributed by atoms with Crippen LogP contribution >= 0.6 is 31.9 Å². The van der Waals surface area contributed by atoms with Crippen LogP contribution in [0.3, 0.4) is 0 Å². The SMILES string of the molecule is CC[C@H](NC(=O)c1cc(Br)ccc1Br)C(=O)O. The summed E-state index contributed by atoms with van der Waals surface area (Å²) in [5.41, 5.74) is 0.402. The van der Waals surface area contributed by atoms with Gasteiger partial charge >= 0.3 is 5.97 Å². The molecule has 6 heteroatoms. The van der Waals surface area contributed by atoms with Crippen LogP contribution in [0.4, 0.5) is 0 Å². The van der Waals surface area contributed by atoms with Crippen LogP contribution in [0.2, 0.25) is 0 Å². The van der Waals surface area contributed by atoms with Gasteiger partial charge in [0.15, 0.2) is 0 Å². The summed E-state index contributed by atoms with van der Waals surface area (Å²) in [5.74, 6) is -1.45. The largest absolute Gasteiger partial charge is 0.480 e. The second-order valence-electron chi connectivity index (χ2n) is 3.40. The molecule has 0 aromatic heterocycles. The van der Waals surface area contributed by atoms with E-state index in [-0.39, 0.29) is 0 Å². The van der Waals surface area contributed by atoms with Crippen molar-refractivity contribution in [2.45, 2.75) is 19.4 Å². The molecule has 0 saturated carbocycles. The Kier molecular flexibility index (Phi) is 5.14. The molecule has 1 aromatic rings. The molecule has 1 rings (SSSR count). The lowest BCUT2D eigenvalue weighted by Gasteiger charge is -2.13. The molecule has 0 saturated heterocycles. The van der Waals surface area contributed by atoms with Gasteiger partial charge in [-0.05, 0) is 40.5 Å². The predicted octanol–water partition coefficient (Wildman–Crippen LogP) is 2.80. The Hall–Kier alpha value is -0.880. The van der Waals surface area contributed by atoms with Crippen molar-refractivity contribution in [1.82, 2.24) is 5.32 Å². The Labute approximate surface area is 116 Å². The number of carboxylic acid groups (broad SMARTS) is 1. The molecule has 2 N–H and O–H groups in total. The first kappa shape index (κ1) is 14.2. The number of rotatable bonds is 4. The maximum atomic E-state index is 11.9. The third-order valence-electron chi connectivity index (χ3n) is 2.18. The van der Waals surface area contributed by atoms with Gasteiger partial charge < -0.3 is 10.4 Å². The highest BCUT2D eigenvalue weighted by Gasteiger charge is 2.19. The van der Waals surface area contributed by atoms with Crippen molar-refractivity contribution >= 4 is 43.7 Å². The van der Waals surface area contributed by atoms with Crippen LogP contribution in [-0.4, -0.2) is 23.0 Å². The average molecular weight is 365 g/mol. The quantitative estimate of drug-likeness (QED) is 0.863. The maximum Gasteiger partial charge on any atom is 0.326 e. The van der Waals surface area contributed by atoms with Crippen LogP contribution in [0.5, 0.6) is 0 Å². The highest BCUT2D eigenvalue weighted by molar-refractivity contribution is 9.11. The van der Waals surface area contributed by atoms with Crippen molar-refractivity contribution in [3.8, 4) is 0 Å². The van der Waals surface area contributed by atoms with E-state index < -0.39 is 17.9 Å². The van der Waals surface area contributed by atoms with E-state index in [1.807, 2.05) is 0 Å². The smallest absolute Gasteiger partial charge is 0.326 e. The molecular weight excluding hydrogens is 354 g/mol. The van der Waals surface area contributed by atoms with Gasteiger partial charge in [-0.25, -0.2) is 4.79 Å². The lowest BCUT2D eigenvalue weighted by molar-refractivity contribution is -0.139. The zero-order chi connectivity index (χ0) is 13.0. The van der Waals surface area contributed by atoms with Gasteiger partial charge in [-0.1, -0.05) is 22.9 Å². The number of benzene rings is 1. The van der Waals surface area contributed by atoms with Gasteiger partial charge in [-0.2, -0.15) is 0 Å². The highest BCUT2D eigenvalue weighted by Crippen LogP contribution is 2.21. The fourth-order valence-electron chi connectivity index (χ4n) is 1.25. The summed E-state index contributed by atoms with van der Waals surface area (Å²) in [7, 11) is 0. The minimum atomic E-state index is -1.04. The molecule has 17 heavy (non-hydrogen) atoms. The molecule has 1 amide bonds. The van der Waals surface area contributed by atoms with E-state index in [1.54, 1.807) is 25.1 Å². The summed E-state index contributed by atoms with van der Waals surface area (Å²) in [6.07, 6.45) is 0.340. The molecule has 0 fully saturated rings. The molecule has 4 nitrogen and oxygen atoms in total. The van der Waals surface area contributed by atoms with Crippen molar-refractivity contribution in [1.29, 1.82) is 0 Å². The Bertz CT molecular complexity index is 448. The molecular formula is C11H11Br2NO3. The number of carbonyl (C=O) groups excluding carboxylic acids is 1. The van der Waals surface area contributed by atoms with Gasteiger partial charge in [0.05, 0.1) is 5.56 Å². The number of halogens is 2. The third-order valence-corrected chi connectivity index (χ3v) is 3.37. The van der Waals surface area contributed by atoms with Crippen LogP contribution in [0.15, 0.2) is 27.1 Å². The second-order valence-corrected chi connectivity index (χ2v) is 5.17. The summed E-state index contributed by atoms with van der Waals surface area (Å²) in [6, 6.07) is 4.28. The van der Waals surface area contributed by atoms with Crippen LogP contribution in [0, 0.1) is 0 Å². The zero-order valence-corrected chi connectivity index (χ0v) is 12.2. The van der Waals surface area contributed by atoms with Gasteiger partial charge in [0.1, 0.15) is 6.04 Å². The lowest BCUT2D eigenvalue weighted by Crippen LogP contribution is -2.40. The number of aliphatic carboxylic acids is 1. The van der Waals surface area contributed by atoms with E-state index >= 15 is 0 Å². The van der Waals surface area contributed by atoms with Gasteiger partial charge in [-0.15, -0.1) is 0 Å². The van der Waals surface area contributed by atoms with Crippen molar-refractivity contribution in [2.24, 2.45) is 0 Å². The Morgan fingerprint density at radius 1 is 1.41 bits per heavy atom. The molecule has 0 heterocycles. The van der Waals surface area contributed by atoms with Crippen LogP contribution in [0.25, 0.3) is 0 Å². The number of hydrogen-bond donors (Lipinski definition) is 2. The fourth-order valence-corrected chi connectivity index (χ4v) is 2.03. The van der Waals surface area contributed by atoms with Gasteiger partial charge in [-0.3, -0.25) is 4.79 Å². The summed E-state index contributed by atoms with van der Waals surface area (Å²) >= 11 is 6.51. The van der Waals surface area contributed by atoms with E-state index in [0.717, 1.165) is 4.47 Å². The fraction of sp³-hybridized carbons (Fsp3) is 0.273. The van der Waals surface area contributed by atoms with E-state index in [9.17, 15) is 9.59 Å². The molecule has 0 radical (unpaired) electrons. The predicted molar refractivity (Wildman–Crippen MR) is 71.0 cm³/mol. The number of nitrogens with one attached hydrogen (secondary N) is 1. The molecule has 0 spiro atoms. The lowest BCUT2D eigenvalue weighted by atomic mass is 10.1. The van der Waals surface area contributed by atoms with Gasteiger partial charge in [0, 0.05) is 8.95 Å². The molecule has 1 aromatic carbocycles. The minimum Gasteiger partial charge on any atom is -0.480 e. The van der Waals surface area contributed by atoms with Crippen molar-refractivity contribution < 1.29 is 14.7 Å². The first-order valence-corrected chi connectivity index (χ1v) is 6.53. The number of amides is 1. The summed E-state index contributed by atoms with van der Waals surface area (Å²) < 4.78 is 1.38. The van der Waals surface area contributed by atoms with Crippen molar-refractivity contribution in [2.75, 3.05) is 0 Å². The van der Waals surface area contributed by atoms with Crippen LogP contribution in [-0.2, 0) is 4.79 Å². The first-order valence-electron chi connectivity index (χ1n) is 4.94. The third kappa shape index (κ3) is 3.81. The second kappa shape index (κ2) is 6.16. The standard InChI is InChI=1S/C11H11Br2NO3/c1-2-9(11(16)17)14-10(15)7-5-6(12)3-4-8(7)13/h3-5,9H,2H2,1H3,(H,14,15)(H,16,17)/t9-/m0/s1. The van der Waals surface area contributed by atoms with E-state index in [4.69, 9.17) is 5.11 Å². The zero-order valence-electron chi connectivity index (χ0n) is 9.04. The van der Waals surface area contributed by atoms with Crippen molar-refractivity contribution in [3.63, 3.8) is 0 Å². The molecule has 92 valence electrons. The minimum absolute atomic E-state index is 0.340. The molecule has 0 bridgehead atoms. The van der Waals surface area contributed by atoms with E-state index in [1.165, 1.54) is 0 Å². The highest BCUT2D eigenvalue weighted by atomic mass is 79.9. The number of carboxylic acids is 1. The molecule has 0 unspecified atom stereocenters. The average Bonchev–Trinajstić information content (AvgIpc) is 2.28. The van der Waals surface area contributed by atoms with Crippen LogP contribution < -0.4 is 5.32 Å². The first-order chi connectivity index (χ1) is 7.95. The number of hydrogen-bond acceptors (Lipinski definition) is 2. The summed E-state index contributed by atoms with van der Waals surface area (Å²) in [6.45, 7) is 1.70. The normalized spacial score (nSPS) is 11.9. The van der Waals surface area contributed by atoms with Gasteiger partial charge in [0.25, 0.3) is 5.91 Å². The molecule has 0 aliphatic rings. The molecule has 0 aliphatic carbocycles. The number of carbonyl (C=O) groups is 2. The topological polar surface area (TPSA) is 66.4 Å². The van der Waals surface area contributed by atoms with Crippen LogP contribution in [0.1, 0.15) is 23.7 Å². The molecule has 0 aliphatic heterocycles. The Morgan fingerprint density at radius 2 is 2.06 bits per heavy atom. The Morgan fingerprint density at radius 3 is 2.59 bits per heavy atom. The summed E-state index contributed by atoms with van der Waals surface area (Å²) in [4.78, 5) is 22.7. The van der Waals surface area contributed by atoms with E-state index in [0.29, 0.717) is 16.5 Å². The van der Waals surface area contributed by atoms with E-state index in [2.05, 4.69) is 37.2 Å². The summed E-state index contributed by atoms with van der Waals surface area (Å²) in [5, 5.41) is 11.3. The van der Waals surface area contributed by atoms with Crippen molar-refractivity contribution in [3.05, 3.63) is 32.7 Å². The Balaban J connectivity index is 2.89.